The molecule has 6 nitrogen and oxygen atoms in total. The number of piperidine rings is 1. The van der Waals surface area contributed by atoms with Crippen LogP contribution in [0.2, 0.25) is 0 Å². The molecule has 0 spiro atoms. The van der Waals surface area contributed by atoms with Gasteiger partial charge >= 0.3 is 6.09 Å². The van der Waals surface area contributed by atoms with Crippen molar-refractivity contribution in [3.05, 3.63) is 28.7 Å². The number of hydrogen-bond donors (Lipinski definition) is 2. The van der Waals surface area contributed by atoms with Crippen LogP contribution in [-0.4, -0.2) is 42.0 Å². The molecular weight excluding hydrogens is 378 g/mol. The summed E-state index contributed by atoms with van der Waals surface area (Å²) in [5.74, 6) is -0.582. The number of hydrogen-bond acceptors (Lipinski definition) is 4. The lowest BCUT2D eigenvalue weighted by atomic mass is 10.00. The Morgan fingerprint density at radius 3 is 2.69 bits per heavy atom. The van der Waals surface area contributed by atoms with Gasteiger partial charge in [-0.1, -0.05) is 0 Å². The second-order valence-electron chi connectivity index (χ2n) is 8.57. The van der Waals surface area contributed by atoms with E-state index in [9.17, 15) is 14.4 Å². The van der Waals surface area contributed by atoms with Crippen molar-refractivity contribution in [1.82, 2.24) is 10.3 Å². The molecule has 1 aromatic carbocycles. The third-order valence-corrected chi connectivity index (χ3v) is 5.06. The average molecular weight is 404 g/mol. The van der Waals surface area contributed by atoms with Crippen molar-refractivity contribution in [3.63, 3.8) is 0 Å². The molecule has 2 atom stereocenters. The minimum atomic E-state index is -1.24. The van der Waals surface area contributed by atoms with E-state index in [4.69, 9.17) is 4.74 Å². The minimum Gasteiger partial charge on any atom is -0.444 e. The number of anilines is 1. The SMILES string of the molecule is Cc1[nH]c2c(C#N)cc(F)c(N3C[C@@H](F)C[C@H](NC(=O)OC(C)(C)C)C3)c2c1C. The maximum atomic E-state index is 15.0. The summed E-state index contributed by atoms with van der Waals surface area (Å²) < 4.78 is 34.8. The standard InChI is InChI=1S/C21H26F2N4O2/c1-11-12(2)25-18-13(8-24)6-16(23)19(17(11)18)27-9-14(22)7-15(10-27)26-20(28)29-21(3,4)5/h6,14-15,25H,7,9-10H2,1-5H3,(H,26,28)/t14-,15-/m0/s1. The van der Waals surface area contributed by atoms with Gasteiger partial charge in [-0.15, -0.1) is 0 Å². The molecule has 3 rings (SSSR count). The molecule has 0 saturated carbocycles. The summed E-state index contributed by atoms with van der Waals surface area (Å²) in [4.78, 5) is 16.8. The number of aromatic amines is 1. The van der Waals surface area contributed by atoms with Gasteiger partial charge in [-0.25, -0.2) is 13.6 Å². The predicted molar refractivity (Wildman–Crippen MR) is 107 cm³/mol. The molecule has 156 valence electrons. The second-order valence-corrected chi connectivity index (χ2v) is 8.57. The van der Waals surface area contributed by atoms with Crippen LogP contribution in [-0.2, 0) is 4.74 Å². The Bertz CT molecular complexity index is 987. The highest BCUT2D eigenvalue weighted by Crippen LogP contribution is 2.37. The highest BCUT2D eigenvalue weighted by Gasteiger charge is 2.32. The van der Waals surface area contributed by atoms with Crippen molar-refractivity contribution in [1.29, 1.82) is 5.26 Å². The van der Waals surface area contributed by atoms with E-state index in [1.165, 1.54) is 6.07 Å². The number of alkyl halides is 1. The largest absolute Gasteiger partial charge is 0.444 e. The lowest BCUT2D eigenvalue weighted by molar-refractivity contribution is 0.0491. The summed E-state index contributed by atoms with van der Waals surface area (Å²) in [6, 6.07) is 2.65. The van der Waals surface area contributed by atoms with Crippen molar-refractivity contribution >= 4 is 22.7 Å². The van der Waals surface area contributed by atoms with E-state index in [0.717, 1.165) is 11.3 Å². The van der Waals surface area contributed by atoms with Gasteiger partial charge in [0.1, 0.15) is 23.7 Å². The van der Waals surface area contributed by atoms with Gasteiger partial charge in [0.15, 0.2) is 0 Å². The number of ether oxygens (including phenoxy) is 1. The van der Waals surface area contributed by atoms with Gasteiger partial charge in [0, 0.05) is 30.6 Å². The number of alkyl carbamates (subject to hydrolysis) is 1. The minimum absolute atomic E-state index is 0.00802. The molecule has 2 aromatic rings. The van der Waals surface area contributed by atoms with Crippen molar-refractivity contribution in [2.24, 2.45) is 0 Å². The fourth-order valence-electron chi connectivity index (χ4n) is 3.80. The number of nitriles is 1. The number of carbonyl (C=O) groups is 1. The van der Waals surface area contributed by atoms with Crippen LogP contribution < -0.4 is 10.2 Å². The Hall–Kier alpha value is -2.82. The Morgan fingerprint density at radius 2 is 2.07 bits per heavy atom. The van der Waals surface area contributed by atoms with Crippen LogP contribution in [0.25, 0.3) is 10.9 Å². The van der Waals surface area contributed by atoms with E-state index >= 15 is 4.39 Å². The zero-order chi connectivity index (χ0) is 21.5. The molecule has 1 aromatic heterocycles. The van der Waals surface area contributed by atoms with Gasteiger partial charge in [-0.05, 0) is 46.2 Å². The molecule has 1 aliphatic heterocycles. The number of aromatic nitrogens is 1. The van der Waals surface area contributed by atoms with Crippen molar-refractivity contribution in [2.45, 2.75) is 58.9 Å². The van der Waals surface area contributed by atoms with Crippen molar-refractivity contribution in [2.75, 3.05) is 18.0 Å². The topological polar surface area (TPSA) is 81.2 Å². The molecule has 1 amide bonds. The summed E-state index contributed by atoms with van der Waals surface area (Å²) in [6.45, 7) is 9.17. The first-order valence-electron chi connectivity index (χ1n) is 9.60. The first kappa shape index (κ1) is 20.9. The zero-order valence-electron chi connectivity index (χ0n) is 17.3. The van der Waals surface area contributed by atoms with Crippen LogP contribution in [0, 0.1) is 31.0 Å². The van der Waals surface area contributed by atoms with Gasteiger partial charge in [0.25, 0.3) is 0 Å². The highest BCUT2D eigenvalue weighted by atomic mass is 19.1. The number of halogens is 2. The molecular formula is C21H26F2N4O2. The number of nitrogens with one attached hydrogen (secondary N) is 2. The Labute approximate surface area is 168 Å². The molecule has 0 unspecified atom stereocenters. The van der Waals surface area contributed by atoms with E-state index in [2.05, 4.69) is 10.3 Å². The third-order valence-electron chi connectivity index (χ3n) is 5.06. The van der Waals surface area contributed by atoms with Gasteiger partial charge in [-0.2, -0.15) is 5.26 Å². The van der Waals surface area contributed by atoms with Crippen molar-refractivity contribution < 1.29 is 18.3 Å². The Kier molecular flexibility index (Phi) is 5.44. The van der Waals surface area contributed by atoms with Crippen molar-refractivity contribution in [3.8, 4) is 6.07 Å². The fourth-order valence-corrected chi connectivity index (χ4v) is 3.80. The van der Waals surface area contributed by atoms with Crippen LogP contribution in [0.1, 0.15) is 44.0 Å². The van der Waals surface area contributed by atoms with Crippen LogP contribution in [0.4, 0.5) is 19.3 Å². The summed E-state index contributed by atoms with van der Waals surface area (Å²) in [5.41, 5.74) is 1.95. The Morgan fingerprint density at radius 1 is 1.38 bits per heavy atom. The molecule has 1 saturated heterocycles. The predicted octanol–water partition coefficient (Wildman–Crippen LogP) is 4.24. The van der Waals surface area contributed by atoms with Crippen LogP contribution in [0.15, 0.2) is 6.07 Å². The average Bonchev–Trinajstić information content (AvgIpc) is 2.87. The number of benzene rings is 1. The van der Waals surface area contributed by atoms with Gasteiger partial charge in [0.2, 0.25) is 0 Å². The van der Waals surface area contributed by atoms with E-state index in [1.807, 2.05) is 19.9 Å². The monoisotopic (exact) mass is 404 g/mol. The van der Waals surface area contributed by atoms with Gasteiger partial charge in [-0.3, -0.25) is 0 Å². The zero-order valence-corrected chi connectivity index (χ0v) is 17.3. The smallest absolute Gasteiger partial charge is 0.407 e. The molecule has 1 fully saturated rings. The second kappa shape index (κ2) is 7.54. The lowest BCUT2D eigenvalue weighted by Gasteiger charge is -2.37. The summed E-state index contributed by atoms with van der Waals surface area (Å²) >= 11 is 0. The molecule has 1 aliphatic rings. The number of carbonyl (C=O) groups excluding carboxylic acids is 1. The number of H-pyrrole nitrogens is 1. The van der Waals surface area contributed by atoms with Crippen LogP contribution in [0.5, 0.6) is 0 Å². The summed E-state index contributed by atoms with van der Waals surface area (Å²) in [6.07, 6.45) is -1.74. The number of fused-ring (bicyclic) bond motifs is 1. The first-order chi connectivity index (χ1) is 13.5. The molecule has 8 heteroatoms. The Balaban J connectivity index is 1.96. The quantitative estimate of drug-likeness (QED) is 0.785. The summed E-state index contributed by atoms with van der Waals surface area (Å²) in [5, 5.41) is 12.6. The molecule has 0 radical (unpaired) electrons. The maximum Gasteiger partial charge on any atom is 0.407 e. The van der Waals surface area contributed by atoms with E-state index in [-0.39, 0.29) is 30.8 Å². The lowest BCUT2D eigenvalue weighted by Crippen LogP contribution is -2.52. The molecule has 29 heavy (non-hydrogen) atoms. The number of amides is 1. The molecule has 2 heterocycles. The first-order valence-corrected chi connectivity index (χ1v) is 9.60. The maximum absolute atomic E-state index is 15.0. The number of nitrogens with zero attached hydrogens (tertiary/aromatic N) is 2. The van der Waals surface area contributed by atoms with Gasteiger partial charge < -0.3 is 19.9 Å². The fraction of sp³-hybridized carbons (Fsp3) is 0.524. The third kappa shape index (κ3) is 4.29. The van der Waals surface area contributed by atoms with Gasteiger partial charge in [0.05, 0.1) is 22.8 Å². The number of aryl methyl sites for hydroxylation is 2. The highest BCUT2D eigenvalue weighted by molar-refractivity contribution is 5.99. The van der Waals surface area contributed by atoms with E-state index < -0.39 is 29.7 Å². The van der Waals surface area contributed by atoms with E-state index in [0.29, 0.717) is 10.9 Å². The van der Waals surface area contributed by atoms with Crippen LogP contribution in [0.3, 0.4) is 0 Å². The number of rotatable bonds is 2. The molecule has 2 N–H and O–H groups in total. The summed E-state index contributed by atoms with van der Waals surface area (Å²) in [7, 11) is 0. The van der Waals surface area contributed by atoms with Crippen LogP contribution >= 0.6 is 0 Å². The van der Waals surface area contributed by atoms with E-state index in [1.54, 1.807) is 25.7 Å². The molecule has 0 bridgehead atoms. The normalized spacial score (nSPS) is 19.9. The molecule has 0 aliphatic carbocycles.